The van der Waals surface area contributed by atoms with E-state index in [1.54, 1.807) is 17.0 Å². The fraction of sp³-hybridized carbons (Fsp3) is 0.231. The summed E-state index contributed by atoms with van der Waals surface area (Å²) in [4.78, 5) is 4.00. The van der Waals surface area contributed by atoms with Crippen LogP contribution in [0.2, 0.25) is 0 Å². The van der Waals surface area contributed by atoms with Crippen LogP contribution in [0.25, 0.3) is 5.69 Å². The number of aromatic nitrogens is 2. The van der Waals surface area contributed by atoms with Crippen LogP contribution in [0.5, 0.6) is 0 Å². The second kappa shape index (κ2) is 4.81. The molecule has 1 heterocycles. The van der Waals surface area contributed by atoms with Gasteiger partial charge in [-0.05, 0) is 18.1 Å². The van der Waals surface area contributed by atoms with Crippen LogP contribution in [-0.2, 0) is 0 Å². The van der Waals surface area contributed by atoms with Crippen molar-refractivity contribution in [3.8, 4) is 11.8 Å². The molecule has 1 atom stereocenters. The lowest BCUT2D eigenvalue weighted by atomic mass is 10.0. The van der Waals surface area contributed by atoms with E-state index in [4.69, 9.17) is 11.0 Å². The van der Waals surface area contributed by atoms with Gasteiger partial charge in [-0.1, -0.05) is 25.1 Å². The van der Waals surface area contributed by atoms with Crippen molar-refractivity contribution in [2.75, 3.05) is 0 Å². The first-order chi connectivity index (χ1) is 8.27. The van der Waals surface area contributed by atoms with Gasteiger partial charge < -0.3 is 5.73 Å². The molecule has 4 nitrogen and oxygen atoms in total. The van der Waals surface area contributed by atoms with Gasteiger partial charge in [0.2, 0.25) is 5.82 Å². The Labute approximate surface area is 100 Å². The van der Waals surface area contributed by atoms with Crippen molar-refractivity contribution < 1.29 is 0 Å². The van der Waals surface area contributed by atoms with Crippen molar-refractivity contribution >= 4 is 0 Å². The topological polar surface area (TPSA) is 67.6 Å². The summed E-state index contributed by atoms with van der Waals surface area (Å²) in [5.41, 5.74) is 8.03. The van der Waals surface area contributed by atoms with E-state index in [0.29, 0.717) is 5.82 Å². The van der Waals surface area contributed by atoms with Crippen molar-refractivity contribution in [3.63, 3.8) is 0 Å². The molecule has 1 aromatic carbocycles. The molecule has 17 heavy (non-hydrogen) atoms. The average molecular weight is 226 g/mol. The molecule has 0 spiro atoms. The Morgan fingerprint density at radius 1 is 1.47 bits per heavy atom. The maximum Gasteiger partial charge on any atom is 0.217 e. The lowest BCUT2D eigenvalue weighted by Crippen LogP contribution is -2.12. The number of benzene rings is 1. The molecule has 2 aromatic rings. The van der Waals surface area contributed by atoms with Gasteiger partial charge in [0.05, 0.1) is 5.69 Å². The molecule has 86 valence electrons. The minimum Gasteiger partial charge on any atom is -0.324 e. The summed E-state index contributed by atoms with van der Waals surface area (Å²) in [7, 11) is 0. The Hall–Kier alpha value is -2.12. The molecule has 0 saturated carbocycles. The molecule has 2 rings (SSSR count). The lowest BCUT2D eigenvalue weighted by Gasteiger charge is -2.15. The third kappa shape index (κ3) is 2.05. The minimum atomic E-state index is -0.0276. The second-order valence-corrected chi connectivity index (χ2v) is 3.81. The van der Waals surface area contributed by atoms with Crippen molar-refractivity contribution in [2.45, 2.75) is 19.4 Å². The Morgan fingerprint density at radius 3 is 2.94 bits per heavy atom. The molecule has 1 unspecified atom stereocenters. The molecule has 2 N–H and O–H groups in total. The van der Waals surface area contributed by atoms with Gasteiger partial charge in [0.15, 0.2) is 0 Å². The summed E-state index contributed by atoms with van der Waals surface area (Å²) in [5.74, 6) is 0.376. The van der Waals surface area contributed by atoms with Crippen LogP contribution in [0.15, 0.2) is 36.7 Å². The molecule has 0 saturated heterocycles. The molecule has 0 radical (unpaired) electrons. The molecular weight excluding hydrogens is 212 g/mol. The largest absolute Gasteiger partial charge is 0.324 e. The first-order valence-electron chi connectivity index (χ1n) is 5.56. The Bertz CT molecular complexity index is 551. The van der Waals surface area contributed by atoms with Gasteiger partial charge in [-0.25, -0.2) is 4.98 Å². The number of nitrogens with zero attached hydrogens (tertiary/aromatic N) is 3. The zero-order valence-corrected chi connectivity index (χ0v) is 9.67. The molecule has 0 aliphatic heterocycles. The average Bonchev–Trinajstić information content (AvgIpc) is 2.86. The van der Waals surface area contributed by atoms with E-state index < -0.39 is 0 Å². The van der Waals surface area contributed by atoms with E-state index in [2.05, 4.69) is 11.1 Å². The summed E-state index contributed by atoms with van der Waals surface area (Å²) in [6, 6.07) is 9.87. The van der Waals surface area contributed by atoms with Gasteiger partial charge >= 0.3 is 0 Å². The Morgan fingerprint density at radius 2 is 2.24 bits per heavy atom. The summed E-state index contributed by atoms with van der Waals surface area (Å²) in [6.07, 6.45) is 4.25. The van der Waals surface area contributed by atoms with E-state index in [1.807, 2.05) is 31.2 Å². The Kier molecular flexibility index (Phi) is 3.22. The molecule has 0 aliphatic carbocycles. The van der Waals surface area contributed by atoms with Gasteiger partial charge in [-0.3, -0.25) is 4.57 Å². The highest BCUT2D eigenvalue weighted by molar-refractivity contribution is 5.45. The highest BCUT2D eigenvalue weighted by Gasteiger charge is 2.12. The van der Waals surface area contributed by atoms with Crippen molar-refractivity contribution in [2.24, 2.45) is 5.73 Å². The third-order valence-corrected chi connectivity index (χ3v) is 2.78. The normalized spacial score (nSPS) is 12.1. The van der Waals surface area contributed by atoms with E-state index in [9.17, 15) is 0 Å². The van der Waals surface area contributed by atoms with Gasteiger partial charge in [0.25, 0.3) is 0 Å². The summed E-state index contributed by atoms with van der Waals surface area (Å²) >= 11 is 0. The van der Waals surface area contributed by atoms with Crippen LogP contribution >= 0.6 is 0 Å². The predicted octanol–water partition coefficient (Wildman–Crippen LogP) is 2.15. The predicted molar refractivity (Wildman–Crippen MR) is 65.5 cm³/mol. The number of imidazole rings is 1. The van der Waals surface area contributed by atoms with Gasteiger partial charge in [0.1, 0.15) is 6.07 Å². The minimum absolute atomic E-state index is 0.0276. The SMILES string of the molecule is CCC(N)c1ccccc1-n1ccnc1C#N. The number of para-hydroxylation sites is 1. The van der Waals surface area contributed by atoms with Gasteiger partial charge in [-0.15, -0.1) is 0 Å². The maximum absolute atomic E-state index is 8.99. The fourth-order valence-corrected chi connectivity index (χ4v) is 1.82. The highest BCUT2D eigenvalue weighted by Crippen LogP contribution is 2.22. The van der Waals surface area contributed by atoms with Crippen LogP contribution in [-0.4, -0.2) is 9.55 Å². The Balaban J connectivity index is 2.57. The number of rotatable bonds is 3. The zero-order chi connectivity index (χ0) is 12.3. The number of hydrogen-bond acceptors (Lipinski definition) is 3. The van der Waals surface area contributed by atoms with Crippen LogP contribution in [0.3, 0.4) is 0 Å². The number of hydrogen-bond donors (Lipinski definition) is 1. The molecule has 0 amide bonds. The number of nitrogens with two attached hydrogens (primary N) is 1. The highest BCUT2D eigenvalue weighted by atomic mass is 15.1. The van der Waals surface area contributed by atoms with Crippen molar-refractivity contribution in [1.82, 2.24) is 9.55 Å². The first-order valence-corrected chi connectivity index (χ1v) is 5.56. The van der Waals surface area contributed by atoms with Crippen LogP contribution in [0.1, 0.15) is 30.8 Å². The molecule has 4 heteroatoms. The van der Waals surface area contributed by atoms with Crippen molar-refractivity contribution in [1.29, 1.82) is 5.26 Å². The van der Waals surface area contributed by atoms with Crippen LogP contribution in [0.4, 0.5) is 0 Å². The summed E-state index contributed by atoms with van der Waals surface area (Å²) in [6.45, 7) is 2.04. The molecular formula is C13H14N4. The van der Waals surface area contributed by atoms with E-state index >= 15 is 0 Å². The van der Waals surface area contributed by atoms with E-state index in [0.717, 1.165) is 17.7 Å². The smallest absolute Gasteiger partial charge is 0.217 e. The summed E-state index contributed by atoms with van der Waals surface area (Å²) in [5, 5.41) is 8.99. The third-order valence-electron chi connectivity index (χ3n) is 2.78. The number of nitriles is 1. The molecule has 0 aliphatic rings. The first kappa shape index (κ1) is 11.4. The van der Waals surface area contributed by atoms with Crippen LogP contribution < -0.4 is 5.73 Å². The quantitative estimate of drug-likeness (QED) is 0.871. The molecule has 0 fully saturated rings. The maximum atomic E-state index is 8.99. The molecule has 1 aromatic heterocycles. The van der Waals surface area contributed by atoms with E-state index in [1.165, 1.54) is 0 Å². The standard InChI is InChI=1S/C13H14N4/c1-2-11(15)10-5-3-4-6-12(10)17-8-7-16-13(17)9-14/h3-8,11H,2,15H2,1H3. The van der Waals surface area contributed by atoms with Gasteiger partial charge in [0, 0.05) is 18.4 Å². The summed E-state index contributed by atoms with van der Waals surface area (Å²) < 4.78 is 1.77. The molecule has 0 bridgehead atoms. The van der Waals surface area contributed by atoms with Crippen LogP contribution in [0, 0.1) is 11.3 Å². The fourth-order valence-electron chi connectivity index (χ4n) is 1.82. The van der Waals surface area contributed by atoms with Gasteiger partial charge in [-0.2, -0.15) is 5.26 Å². The monoisotopic (exact) mass is 226 g/mol. The second-order valence-electron chi connectivity index (χ2n) is 3.81. The van der Waals surface area contributed by atoms with Crippen molar-refractivity contribution in [3.05, 3.63) is 48.0 Å². The van der Waals surface area contributed by atoms with E-state index in [-0.39, 0.29) is 6.04 Å². The zero-order valence-electron chi connectivity index (χ0n) is 9.67. The lowest BCUT2D eigenvalue weighted by molar-refractivity contribution is 0.692.